The van der Waals surface area contributed by atoms with Crippen LogP contribution in [0.2, 0.25) is 0 Å². The molecule has 0 unspecified atom stereocenters. The van der Waals surface area contributed by atoms with Crippen molar-refractivity contribution in [3.8, 4) is 22.6 Å². The fraction of sp³-hybridized carbons (Fsp3) is 0.0741. The Morgan fingerprint density at radius 2 is 1.73 bits per heavy atom. The van der Waals surface area contributed by atoms with Crippen molar-refractivity contribution >= 4 is 22.7 Å². The van der Waals surface area contributed by atoms with E-state index in [0.29, 0.717) is 12.3 Å². The van der Waals surface area contributed by atoms with Gasteiger partial charge in [-0.2, -0.15) is 0 Å². The van der Waals surface area contributed by atoms with Gasteiger partial charge in [0.1, 0.15) is 5.82 Å². The smallest absolute Gasteiger partial charge is 0.192 e. The van der Waals surface area contributed by atoms with E-state index in [0.717, 1.165) is 44.3 Å². The first-order chi connectivity index (χ1) is 16.2. The van der Waals surface area contributed by atoms with Crippen LogP contribution in [-0.2, 0) is 12.3 Å². The summed E-state index contributed by atoms with van der Waals surface area (Å²) in [6, 6.07) is 26.9. The van der Waals surface area contributed by atoms with Crippen molar-refractivity contribution in [2.45, 2.75) is 17.5 Å². The highest BCUT2D eigenvalue weighted by molar-refractivity contribution is 7.98. The second kappa shape index (κ2) is 9.38. The van der Waals surface area contributed by atoms with Crippen LogP contribution < -0.4 is 0 Å². The third kappa shape index (κ3) is 4.43. The van der Waals surface area contributed by atoms with Crippen LogP contribution in [0.1, 0.15) is 5.56 Å². The summed E-state index contributed by atoms with van der Waals surface area (Å²) >= 11 is 1.53. The van der Waals surface area contributed by atoms with Gasteiger partial charge in [0.15, 0.2) is 11.0 Å². The third-order valence-corrected chi connectivity index (χ3v) is 6.35. The molecule has 0 fully saturated rings. The number of pyridine rings is 1. The molecule has 0 spiro atoms. The molecule has 0 aliphatic rings. The Hall–Kier alpha value is -3.77. The van der Waals surface area contributed by atoms with Crippen LogP contribution >= 0.6 is 11.8 Å². The van der Waals surface area contributed by atoms with Gasteiger partial charge >= 0.3 is 0 Å². The van der Waals surface area contributed by atoms with Crippen LogP contribution in [0.25, 0.3) is 33.5 Å². The van der Waals surface area contributed by atoms with E-state index < -0.39 is 0 Å². The highest BCUT2D eigenvalue weighted by Gasteiger charge is 2.18. The van der Waals surface area contributed by atoms with Crippen LogP contribution in [0.3, 0.4) is 0 Å². The van der Waals surface area contributed by atoms with Crippen molar-refractivity contribution in [1.29, 1.82) is 0 Å². The summed E-state index contributed by atoms with van der Waals surface area (Å²) in [4.78, 5) is 4.88. The molecule has 5 rings (SSSR count). The van der Waals surface area contributed by atoms with Crippen molar-refractivity contribution in [1.82, 2.24) is 19.7 Å². The van der Waals surface area contributed by atoms with Gasteiger partial charge < -0.3 is 0 Å². The number of halogens is 1. The topological polar surface area (TPSA) is 43.6 Å². The average molecular weight is 453 g/mol. The normalized spacial score (nSPS) is 11.1. The molecule has 3 aromatic carbocycles. The van der Waals surface area contributed by atoms with Gasteiger partial charge in [-0.15, -0.1) is 16.8 Å². The second-order valence-corrected chi connectivity index (χ2v) is 8.50. The van der Waals surface area contributed by atoms with E-state index in [9.17, 15) is 4.39 Å². The number of hydrogen-bond donors (Lipinski definition) is 0. The van der Waals surface area contributed by atoms with Gasteiger partial charge in [0.25, 0.3) is 0 Å². The standard InChI is InChI=1S/C27H21FN4S/c1-2-15-32-26(30-31-27(32)33-18-19-9-8-12-21(28)16-19)23-17-25(20-10-4-3-5-11-20)29-24-14-7-6-13-22(23)24/h2-14,16-17H,1,15,18H2. The fourth-order valence-electron chi connectivity index (χ4n) is 3.78. The Balaban J connectivity index is 1.60. The van der Waals surface area contributed by atoms with Crippen LogP contribution in [0.4, 0.5) is 4.39 Å². The molecule has 4 nitrogen and oxygen atoms in total. The first-order valence-corrected chi connectivity index (χ1v) is 11.6. The van der Waals surface area contributed by atoms with Crippen molar-refractivity contribution in [2.24, 2.45) is 0 Å². The van der Waals surface area contributed by atoms with Gasteiger partial charge in [-0.05, 0) is 29.8 Å². The third-order valence-electron chi connectivity index (χ3n) is 5.31. The summed E-state index contributed by atoms with van der Waals surface area (Å²) in [5.74, 6) is 1.12. The SMILES string of the molecule is C=CCn1c(SCc2cccc(F)c2)nnc1-c1cc(-c2ccccc2)nc2ccccc12. The van der Waals surface area contributed by atoms with Crippen LogP contribution in [0, 0.1) is 5.82 Å². The summed E-state index contributed by atoms with van der Waals surface area (Å²) in [5, 5.41) is 10.8. The molecular weight excluding hydrogens is 431 g/mol. The molecule has 0 aliphatic carbocycles. The van der Waals surface area contributed by atoms with Gasteiger partial charge in [0.05, 0.1) is 11.2 Å². The molecule has 33 heavy (non-hydrogen) atoms. The number of fused-ring (bicyclic) bond motifs is 1. The lowest BCUT2D eigenvalue weighted by molar-refractivity contribution is 0.626. The zero-order valence-electron chi connectivity index (χ0n) is 17.9. The molecule has 162 valence electrons. The molecule has 5 aromatic rings. The van der Waals surface area contributed by atoms with Crippen molar-refractivity contribution in [3.63, 3.8) is 0 Å². The summed E-state index contributed by atoms with van der Waals surface area (Å²) in [6.45, 7) is 4.48. The fourth-order valence-corrected chi connectivity index (χ4v) is 4.67. The minimum Gasteiger partial charge on any atom is -0.298 e. The maximum Gasteiger partial charge on any atom is 0.192 e. The van der Waals surface area contributed by atoms with Gasteiger partial charge in [0, 0.05) is 28.8 Å². The second-order valence-electron chi connectivity index (χ2n) is 7.56. The maximum atomic E-state index is 13.6. The molecule has 0 bridgehead atoms. The minimum absolute atomic E-state index is 0.238. The number of rotatable bonds is 7. The molecule has 0 saturated carbocycles. The van der Waals surface area contributed by atoms with E-state index >= 15 is 0 Å². The van der Waals surface area contributed by atoms with Gasteiger partial charge in [0.2, 0.25) is 0 Å². The van der Waals surface area contributed by atoms with Gasteiger partial charge in [-0.25, -0.2) is 9.37 Å². The zero-order valence-corrected chi connectivity index (χ0v) is 18.7. The maximum absolute atomic E-state index is 13.6. The molecule has 0 radical (unpaired) electrons. The molecule has 0 saturated heterocycles. The number of para-hydroxylation sites is 1. The molecule has 2 heterocycles. The summed E-state index contributed by atoms with van der Waals surface area (Å²) < 4.78 is 15.6. The average Bonchev–Trinajstić information content (AvgIpc) is 3.25. The Morgan fingerprint density at radius 1 is 0.909 bits per heavy atom. The monoisotopic (exact) mass is 452 g/mol. The van der Waals surface area contributed by atoms with E-state index in [1.165, 1.54) is 17.8 Å². The van der Waals surface area contributed by atoms with Crippen molar-refractivity contribution < 1.29 is 4.39 Å². The molecule has 6 heteroatoms. The number of benzene rings is 3. The van der Waals surface area contributed by atoms with E-state index in [1.807, 2.05) is 53.1 Å². The quantitative estimate of drug-likeness (QED) is 0.202. The molecule has 0 atom stereocenters. The van der Waals surface area contributed by atoms with E-state index in [4.69, 9.17) is 4.98 Å². The lowest BCUT2D eigenvalue weighted by atomic mass is 10.0. The minimum atomic E-state index is -0.238. The zero-order chi connectivity index (χ0) is 22.6. The predicted molar refractivity (Wildman–Crippen MR) is 132 cm³/mol. The van der Waals surface area contributed by atoms with E-state index in [2.05, 4.69) is 41.0 Å². The van der Waals surface area contributed by atoms with Crippen LogP contribution in [0.15, 0.2) is 103 Å². The first-order valence-electron chi connectivity index (χ1n) is 10.6. The van der Waals surface area contributed by atoms with Crippen LogP contribution in [0.5, 0.6) is 0 Å². The molecular formula is C27H21FN4S. The molecule has 0 N–H and O–H groups in total. The Bertz CT molecular complexity index is 1430. The molecule has 0 aliphatic heterocycles. The highest BCUT2D eigenvalue weighted by Crippen LogP contribution is 2.33. The predicted octanol–water partition coefficient (Wildman–Crippen LogP) is 6.78. The van der Waals surface area contributed by atoms with Crippen LogP contribution in [-0.4, -0.2) is 19.7 Å². The lowest BCUT2D eigenvalue weighted by Crippen LogP contribution is -2.02. The first kappa shape index (κ1) is 21.1. The Labute approximate surface area is 195 Å². The number of allylic oxidation sites excluding steroid dienone is 1. The van der Waals surface area contributed by atoms with E-state index in [1.54, 1.807) is 12.1 Å². The summed E-state index contributed by atoms with van der Waals surface area (Å²) in [5.41, 5.74) is 4.68. The number of hydrogen-bond acceptors (Lipinski definition) is 4. The Morgan fingerprint density at radius 3 is 2.55 bits per heavy atom. The Kier molecular flexibility index (Phi) is 6.00. The van der Waals surface area contributed by atoms with Crippen molar-refractivity contribution in [3.05, 3.63) is 109 Å². The highest BCUT2D eigenvalue weighted by atomic mass is 32.2. The molecule has 2 aromatic heterocycles. The summed E-state index contributed by atoms with van der Waals surface area (Å²) in [7, 11) is 0. The van der Waals surface area contributed by atoms with Crippen molar-refractivity contribution in [2.75, 3.05) is 0 Å². The number of thioether (sulfide) groups is 1. The van der Waals surface area contributed by atoms with Gasteiger partial charge in [-0.3, -0.25) is 4.57 Å². The lowest BCUT2D eigenvalue weighted by Gasteiger charge is -2.12. The number of nitrogens with zero attached hydrogens (tertiary/aromatic N) is 4. The summed E-state index contributed by atoms with van der Waals surface area (Å²) in [6.07, 6.45) is 1.83. The van der Waals surface area contributed by atoms with Gasteiger partial charge in [-0.1, -0.05) is 78.5 Å². The largest absolute Gasteiger partial charge is 0.298 e. The molecule has 0 amide bonds. The number of aromatic nitrogens is 4. The van der Waals surface area contributed by atoms with E-state index in [-0.39, 0.29) is 5.82 Å².